The molecule has 5 nitrogen and oxygen atoms in total. The van der Waals surface area contributed by atoms with E-state index in [1.807, 2.05) is 6.07 Å². The lowest BCUT2D eigenvalue weighted by atomic mass is 9.97. The summed E-state index contributed by atoms with van der Waals surface area (Å²) in [5.41, 5.74) is 5.80. The van der Waals surface area contributed by atoms with Crippen molar-refractivity contribution in [3.63, 3.8) is 0 Å². The number of nitrogens with one attached hydrogen (secondary N) is 1. The predicted octanol–water partition coefficient (Wildman–Crippen LogP) is 2.06. The van der Waals surface area contributed by atoms with Gasteiger partial charge in [0.2, 0.25) is 5.82 Å². The molecular formula is C14H11N5. The number of fused-ring (bicyclic) bond motifs is 1. The normalized spacial score (nSPS) is 16.4. The molecule has 0 fully saturated rings. The number of H-pyrrole nitrogens is 1. The molecule has 0 spiro atoms. The first kappa shape index (κ1) is 10.4. The zero-order chi connectivity index (χ0) is 12.7. The summed E-state index contributed by atoms with van der Waals surface area (Å²) in [7, 11) is 0. The monoisotopic (exact) mass is 249 g/mol. The van der Waals surface area contributed by atoms with Crippen LogP contribution in [0.5, 0.6) is 0 Å². The van der Waals surface area contributed by atoms with E-state index in [4.69, 9.17) is 0 Å². The summed E-state index contributed by atoms with van der Waals surface area (Å²) >= 11 is 0. The van der Waals surface area contributed by atoms with Gasteiger partial charge in [0.25, 0.3) is 0 Å². The lowest BCUT2D eigenvalue weighted by Gasteiger charge is -2.06. The summed E-state index contributed by atoms with van der Waals surface area (Å²) in [6.45, 7) is 0.758. The molecule has 2 aromatic rings. The topological polar surface area (TPSA) is 66.8 Å². The number of nitrogens with zero attached hydrogens (tertiary/aromatic N) is 4. The second-order valence-electron chi connectivity index (χ2n) is 4.60. The van der Waals surface area contributed by atoms with Gasteiger partial charge in [-0.25, -0.2) is 0 Å². The molecule has 2 aliphatic rings. The van der Waals surface area contributed by atoms with E-state index in [9.17, 15) is 0 Å². The zero-order valence-corrected chi connectivity index (χ0v) is 10.2. The molecule has 0 saturated carbocycles. The third-order valence-corrected chi connectivity index (χ3v) is 3.45. The van der Waals surface area contributed by atoms with E-state index in [0.29, 0.717) is 5.82 Å². The van der Waals surface area contributed by atoms with Crippen molar-refractivity contribution in [1.29, 1.82) is 0 Å². The molecule has 0 atom stereocenters. The average Bonchev–Trinajstić information content (AvgIpc) is 3.18. The second kappa shape index (κ2) is 3.98. The number of benzene rings is 1. The van der Waals surface area contributed by atoms with Gasteiger partial charge in [-0.05, 0) is 28.8 Å². The molecule has 0 saturated heterocycles. The minimum atomic E-state index is 0.618. The highest BCUT2D eigenvalue weighted by Gasteiger charge is 2.20. The minimum absolute atomic E-state index is 0.618. The van der Waals surface area contributed by atoms with Crippen molar-refractivity contribution in [3.8, 4) is 11.4 Å². The van der Waals surface area contributed by atoms with Gasteiger partial charge in [0.15, 0.2) is 0 Å². The van der Waals surface area contributed by atoms with Gasteiger partial charge in [-0.1, -0.05) is 30.4 Å². The number of aromatic nitrogens is 4. The van der Waals surface area contributed by atoms with Crippen LogP contribution in [-0.4, -0.2) is 26.3 Å². The average molecular weight is 249 g/mol. The van der Waals surface area contributed by atoms with E-state index >= 15 is 0 Å². The van der Waals surface area contributed by atoms with Crippen LogP contribution in [0.2, 0.25) is 0 Å². The van der Waals surface area contributed by atoms with Crippen LogP contribution >= 0.6 is 0 Å². The van der Waals surface area contributed by atoms with Gasteiger partial charge in [0.05, 0.1) is 12.3 Å². The fourth-order valence-electron chi connectivity index (χ4n) is 2.50. The Labute approximate surface area is 109 Å². The highest BCUT2D eigenvalue weighted by atomic mass is 15.5. The van der Waals surface area contributed by atoms with Crippen molar-refractivity contribution < 1.29 is 0 Å². The van der Waals surface area contributed by atoms with Crippen LogP contribution in [0.15, 0.2) is 47.0 Å². The Morgan fingerprint density at radius 1 is 1.21 bits per heavy atom. The van der Waals surface area contributed by atoms with Gasteiger partial charge in [0, 0.05) is 11.1 Å². The lowest BCUT2D eigenvalue weighted by Crippen LogP contribution is -2.01. The van der Waals surface area contributed by atoms with Crippen LogP contribution in [0, 0.1) is 0 Å². The number of hydrogen-bond donors (Lipinski definition) is 1. The third-order valence-electron chi connectivity index (χ3n) is 3.45. The molecule has 1 aromatic heterocycles. The summed E-state index contributed by atoms with van der Waals surface area (Å²) in [5.74, 6) is 0.618. The van der Waals surface area contributed by atoms with Crippen molar-refractivity contribution >= 4 is 5.71 Å². The molecule has 0 amide bonds. The SMILES string of the molecule is C1=CCC(C2=NCc3ccc(-c4nn[nH]n4)cc32)=C1. The fourth-order valence-corrected chi connectivity index (χ4v) is 2.50. The van der Waals surface area contributed by atoms with Crippen molar-refractivity contribution in [1.82, 2.24) is 20.6 Å². The standard InChI is InChI=1S/C14H11N5/c1-2-4-9(3-1)13-12-7-10(14-16-18-19-17-14)5-6-11(12)8-15-13/h1-3,5-7H,4,8H2,(H,16,17,18,19). The fraction of sp³-hybridized carbons (Fsp3) is 0.143. The maximum atomic E-state index is 4.65. The molecule has 2 heterocycles. The molecule has 92 valence electrons. The van der Waals surface area contributed by atoms with E-state index in [1.165, 1.54) is 16.7 Å². The zero-order valence-electron chi connectivity index (χ0n) is 10.2. The molecule has 5 heteroatoms. The maximum Gasteiger partial charge on any atom is 0.204 e. The van der Waals surface area contributed by atoms with Crippen LogP contribution in [0.4, 0.5) is 0 Å². The molecule has 4 rings (SSSR count). The molecule has 1 aromatic carbocycles. The van der Waals surface area contributed by atoms with Gasteiger partial charge in [-0.15, -0.1) is 10.2 Å². The summed E-state index contributed by atoms with van der Waals surface area (Å²) in [5, 5.41) is 14.1. The molecule has 1 aliphatic heterocycles. The predicted molar refractivity (Wildman–Crippen MR) is 71.7 cm³/mol. The Bertz CT molecular complexity index is 722. The van der Waals surface area contributed by atoms with Crippen molar-refractivity contribution in [2.24, 2.45) is 4.99 Å². The molecule has 19 heavy (non-hydrogen) atoms. The van der Waals surface area contributed by atoms with E-state index in [2.05, 4.69) is 56.0 Å². The lowest BCUT2D eigenvalue weighted by molar-refractivity contribution is 0.881. The number of rotatable bonds is 2. The Balaban J connectivity index is 1.79. The third kappa shape index (κ3) is 1.62. The number of aromatic amines is 1. The summed E-state index contributed by atoms with van der Waals surface area (Å²) in [6, 6.07) is 6.22. The molecule has 1 aliphatic carbocycles. The quantitative estimate of drug-likeness (QED) is 0.885. The van der Waals surface area contributed by atoms with Crippen LogP contribution < -0.4 is 0 Å². The van der Waals surface area contributed by atoms with Gasteiger partial charge in [0.1, 0.15) is 0 Å². The summed E-state index contributed by atoms with van der Waals surface area (Å²) in [4.78, 5) is 4.65. The minimum Gasteiger partial charge on any atom is -0.280 e. The number of tetrazole rings is 1. The first-order valence-electron chi connectivity index (χ1n) is 6.19. The van der Waals surface area contributed by atoms with Crippen molar-refractivity contribution in [2.75, 3.05) is 0 Å². The van der Waals surface area contributed by atoms with E-state index in [-0.39, 0.29) is 0 Å². The van der Waals surface area contributed by atoms with Gasteiger partial charge >= 0.3 is 0 Å². The smallest absolute Gasteiger partial charge is 0.204 e. The van der Waals surface area contributed by atoms with Crippen molar-refractivity contribution in [3.05, 3.63) is 53.1 Å². The molecule has 0 unspecified atom stereocenters. The summed E-state index contributed by atoms with van der Waals surface area (Å²) < 4.78 is 0. The Hall–Kier alpha value is -2.56. The first-order chi connectivity index (χ1) is 9.42. The van der Waals surface area contributed by atoms with Crippen molar-refractivity contribution in [2.45, 2.75) is 13.0 Å². The molecule has 1 N–H and O–H groups in total. The highest BCUT2D eigenvalue weighted by Crippen LogP contribution is 2.29. The number of aliphatic imine (C=N–C) groups is 1. The highest BCUT2D eigenvalue weighted by molar-refractivity contribution is 6.15. The largest absolute Gasteiger partial charge is 0.280 e. The number of allylic oxidation sites excluding steroid dienone is 4. The van der Waals surface area contributed by atoms with E-state index < -0.39 is 0 Å². The molecule has 0 radical (unpaired) electrons. The van der Waals surface area contributed by atoms with Gasteiger partial charge in [-0.3, -0.25) is 4.99 Å². The first-order valence-corrected chi connectivity index (χ1v) is 6.19. The Kier molecular flexibility index (Phi) is 2.17. The number of hydrogen-bond acceptors (Lipinski definition) is 4. The molecule has 0 bridgehead atoms. The molecular weight excluding hydrogens is 238 g/mol. The van der Waals surface area contributed by atoms with Crippen LogP contribution in [0.1, 0.15) is 17.5 Å². The van der Waals surface area contributed by atoms with E-state index in [1.54, 1.807) is 0 Å². The Morgan fingerprint density at radius 2 is 2.21 bits per heavy atom. The van der Waals surface area contributed by atoms with Gasteiger partial charge < -0.3 is 0 Å². The Morgan fingerprint density at radius 3 is 3.00 bits per heavy atom. The second-order valence-corrected chi connectivity index (χ2v) is 4.60. The van der Waals surface area contributed by atoms with Gasteiger partial charge in [-0.2, -0.15) is 5.21 Å². The van der Waals surface area contributed by atoms with Crippen LogP contribution in [-0.2, 0) is 6.54 Å². The van der Waals surface area contributed by atoms with Crippen LogP contribution in [0.3, 0.4) is 0 Å². The van der Waals surface area contributed by atoms with E-state index in [0.717, 1.165) is 24.2 Å². The summed E-state index contributed by atoms with van der Waals surface area (Å²) in [6.07, 6.45) is 7.33. The maximum absolute atomic E-state index is 4.65. The van der Waals surface area contributed by atoms with Crippen LogP contribution in [0.25, 0.3) is 11.4 Å².